The van der Waals surface area contributed by atoms with Crippen LogP contribution in [0.3, 0.4) is 0 Å². The van der Waals surface area contributed by atoms with Crippen LogP contribution in [0.5, 0.6) is 5.75 Å². The minimum Gasteiger partial charge on any atom is -0.489 e. The largest absolute Gasteiger partial charge is 0.489 e. The molecule has 1 atom stereocenters. The zero-order chi connectivity index (χ0) is 22.8. The predicted molar refractivity (Wildman–Crippen MR) is 124 cm³/mol. The molecular weight excluding hydrogens is 404 g/mol. The maximum atomic E-state index is 12.9. The fraction of sp³-hybridized carbons (Fsp3) is 0.192. The van der Waals surface area contributed by atoms with Crippen molar-refractivity contribution >= 4 is 23.3 Å². The van der Waals surface area contributed by atoms with Gasteiger partial charge in [0.15, 0.2) is 5.92 Å². The smallest absolute Gasteiger partial charge is 0.324 e. The molecule has 3 aromatic rings. The molecule has 0 aliphatic carbocycles. The Kier molecular flexibility index (Phi) is 8.15. The zero-order valence-corrected chi connectivity index (χ0v) is 17.9. The lowest BCUT2D eigenvalue weighted by molar-refractivity contribution is -0.148. The quantitative estimate of drug-likeness (QED) is 0.278. The number of ether oxygens (including phenoxy) is 2. The van der Waals surface area contributed by atoms with Gasteiger partial charge in [-0.15, -0.1) is 0 Å². The van der Waals surface area contributed by atoms with E-state index in [1.807, 2.05) is 60.7 Å². The molecule has 164 valence electrons. The Morgan fingerprint density at radius 1 is 0.875 bits per heavy atom. The van der Waals surface area contributed by atoms with E-state index in [2.05, 4.69) is 5.32 Å². The van der Waals surface area contributed by atoms with Gasteiger partial charge in [-0.25, -0.2) is 0 Å². The van der Waals surface area contributed by atoms with Crippen LogP contribution in [0.1, 0.15) is 18.1 Å². The van der Waals surface area contributed by atoms with Crippen LogP contribution in [0.4, 0.5) is 5.69 Å². The van der Waals surface area contributed by atoms with E-state index in [4.69, 9.17) is 14.9 Å². The van der Waals surface area contributed by atoms with E-state index in [-0.39, 0.29) is 18.7 Å². The maximum Gasteiger partial charge on any atom is 0.324 e. The van der Waals surface area contributed by atoms with Crippen molar-refractivity contribution in [2.45, 2.75) is 20.0 Å². The lowest BCUT2D eigenvalue weighted by atomic mass is 9.96. The third-order valence-corrected chi connectivity index (χ3v) is 4.74. The van der Waals surface area contributed by atoms with Crippen LogP contribution in [0.15, 0.2) is 84.9 Å². The Balaban J connectivity index is 1.64. The summed E-state index contributed by atoms with van der Waals surface area (Å²) in [5.41, 5.74) is 2.39. The molecule has 0 heterocycles. The van der Waals surface area contributed by atoms with Gasteiger partial charge in [0.2, 0.25) is 5.91 Å². The first-order chi connectivity index (χ1) is 15.6. The van der Waals surface area contributed by atoms with E-state index in [0.717, 1.165) is 11.1 Å². The lowest BCUT2D eigenvalue weighted by Crippen LogP contribution is -2.37. The molecule has 6 heteroatoms. The van der Waals surface area contributed by atoms with Crippen LogP contribution in [-0.2, 0) is 27.4 Å². The van der Waals surface area contributed by atoms with Gasteiger partial charge in [-0.1, -0.05) is 60.7 Å². The minimum atomic E-state index is -1.32. The summed E-state index contributed by atoms with van der Waals surface area (Å²) < 4.78 is 10.8. The van der Waals surface area contributed by atoms with Crippen LogP contribution in [0.2, 0.25) is 0 Å². The Labute approximate surface area is 187 Å². The molecule has 0 aliphatic heterocycles. The molecule has 1 unspecified atom stereocenters. The number of nitrogens with one attached hydrogen (secondary N) is 2. The number of anilines is 1. The summed E-state index contributed by atoms with van der Waals surface area (Å²) in [6, 6.07) is 26.0. The molecule has 0 radical (unpaired) electrons. The summed E-state index contributed by atoms with van der Waals surface area (Å²) in [6.45, 7) is 2.24. The van der Waals surface area contributed by atoms with Crippen molar-refractivity contribution in [2.24, 2.45) is 5.92 Å². The van der Waals surface area contributed by atoms with Crippen molar-refractivity contribution in [3.05, 3.63) is 96.1 Å². The lowest BCUT2D eigenvalue weighted by Gasteiger charge is -2.17. The van der Waals surface area contributed by atoms with Crippen molar-refractivity contribution in [3.63, 3.8) is 0 Å². The van der Waals surface area contributed by atoms with Gasteiger partial charge in [0.1, 0.15) is 12.4 Å². The van der Waals surface area contributed by atoms with E-state index in [1.54, 1.807) is 31.2 Å². The summed E-state index contributed by atoms with van der Waals surface area (Å²) in [7, 11) is 0. The van der Waals surface area contributed by atoms with E-state index in [9.17, 15) is 9.59 Å². The number of carbonyl (C=O) groups is 2. The second-order valence-corrected chi connectivity index (χ2v) is 7.16. The fourth-order valence-electron chi connectivity index (χ4n) is 3.14. The van der Waals surface area contributed by atoms with E-state index < -0.39 is 17.8 Å². The first kappa shape index (κ1) is 22.7. The molecule has 0 saturated heterocycles. The fourth-order valence-corrected chi connectivity index (χ4v) is 3.14. The Bertz CT molecular complexity index is 1030. The topological polar surface area (TPSA) is 88.5 Å². The monoisotopic (exact) mass is 430 g/mol. The van der Waals surface area contributed by atoms with Crippen molar-refractivity contribution < 1.29 is 19.1 Å². The molecule has 1 amide bonds. The van der Waals surface area contributed by atoms with E-state index in [0.29, 0.717) is 18.0 Å². The zero-order valence-electron chi connectivity index (χ0n) is 17.9. The highest BCUT2D eigenvalue weighted by molar-refractivity contribution is 6.21. The number of benzene rings is 3. The molecule has 6 nitrogen and oxygen atoms in total. The maximum absolute atomic E-state index is 12.9. The van der Waals surface area contributed by atoms with Crippen LogP contribution < -0.4 is 10.1 Å². The van der Waals surface area contributed by atoms with Gasteiger partial charge in [-0.05, 0) is 42.3 Å². The van der Waals surface area contributed by atoms with Gasteiger partial charge in [-0.3, -0.25) is 9.59 Å². The van der Waals surface area contributed by atoms with Gasteiger partial charge in [0.05, 0.1) is 6.61 Å². The highest BCUT2D eigenvalue weighted by Crippen LogP contribution is 2.19. The molecule has 3 rings (SSSR count). The van der Waals surface area contributed by atoms with Crippen LogP contribution in [-0.4, -0.2) is 24.2 Å². The van der Waals surface area contributed by atoms with Crippen LogP contribution in [0.25, 0.3) is 0 Å². The molecular formula is C26H26N2O4. The standard InChI is InChI=1S/C26H26N2O4/c1-2-31-26(30)24(23(27)17-19-9-5-3-6-10-19)25(29)28-21-13-15-22(16-14-21)32-18-20-11-7-4-8-12-20/h3-16,24,27H,2,17-18H2,1H3,(H,28,29). The molecule has 0 bridgehead atoms. The molecule has 0 fully saturated rings. The molecule has 0 spiro atoms. The first-order valence-corrected chi connectivity index (χ1v) is 10.4. The summed E-state index contributed by atoms with van der Waals surface area (Å²) in [5.74, 6) is -1.98. The first-order valence-electron chi connectivity index (χ1n) is 10.4. The summed E-state index contributed by atoms with van der Waals surface area (Å²) in [6.07, 6.45) is 0.185. The number of amides is 1. The van der Waals surface area contributed by atoms with Gasteiger partial charge >= 0.3 is 5.97 Å². The molecule has 3 aromatic carbocycles. The van der Waals surface area contributed by atoms with Crippen molar-refractivity contribution in [2.75, 3.05) is 11.9 Å². The normalized spacial score (nSPS) is 11.3. The van der Waals surface area contributed by atoms with E-state index >= 15 is 0 Å². The summed E-state index contributed by atoms with van der Waals surface area (Å²) in [5, 5.41) is 11.1. The molecule has 0 aromatic heterocycles. The molecule has 2 N–H and O–H groups in total. The SMILES string of the molecule is CCOC(=O)C(C(=N)Cc1ccccc1)C(=O)Nc1ccc(OCc2ccccc2)cc1. The second kappa shape index (κ2) is 11.5. The van der Waals surface area contributed by atoms with Gasteiger partial charge in [0.25, 0.3) is 0 Å². The summed E-state index contributed by atoms with van der Waals surface area (Å²) in [4.78, 5) is 25.3. The number of carbonyl (C=O) groups excluding carboxylic acids is 2. The number of hydrogen-bond donors (Lipinski definition) is 2. The number of hydrogen-bond acceptors (Lipinski definition) is 5. The average molecular weight is 431 g/mol. The Hall–Kier alpha value is -3.93. The molecule has 32 heavy (non-hydrogen) atoms. The van der Waals surface area contributed by atoms with Crippen molar-refractivity contribution in [1.82, 2.24) is 0 Å². The van der Waals surface area contributed by atoms with Crippen LogP contribution in [0, 0.1) is 11.3 Å². The molecule has 0 saturated carbocycles. The van der Waals surface area contributed by atoms with Gasteiger partial charge in [-0.2, -0.15) is 0 Å². The Morgan fingerprint density at radius 2 is 1.47 bits per heavy atom. The van der Waals surface area contributed by atoms with Gasteiger partial charge < -0.3 is 20.2 Å². The third kappa shape index (κ3) is 6.54. The second-order valence-electron chi connectivity index (χ2n) is 7.16. The molecule has 0 aliphatic rings. The number of esters is 1. The van der Waals surface area contributed by atoms with Crippen molar-refractivity contribution in [1.29, 1.82) is 5.41 Å². The third-order valence-electron chi connectivity index (χ3n) is 4.74. The van der Waals surface area contributed by atoms with E-state index in [1.165, 1.54) is 0 Å². The average Bonchev–Trinajstić information content (AvgIpc) is 2.80. The predicted octanol–water partition coefficient (Wildman–Crippen LogP) is 4.65. The van der Waals surface area contributed by atoms with Crippen LogP contribution >= 0.6 is 0 Å². The highest BCUT2D eigenvalue weighted by atomic mass is 16.5. The highest BCUT2D eigenvalue weighted by Gasteiger charge is 2.32. The minimum absolute atomic E-state index is 0.0186. The van der Waals surface area contributed by atoms with Gasteiger partial charge in [0, 0.05) is 17.8 Å². The number of rotatable bonds is 10. The Morgan fingerprint density at radius 3 is 2.06 bits per heavy atom. The summed E-state index contributed by atoms with van der Waals surface area (Å²) >= 11 is 0. The van der Waals surface area contributed by atoms with Crippen molar-refractivity contribution in [3.8, 4) is 5.75 Å².